The fourth-order valence-corrected chi connectivity index (χ4v) is 1.87. The van der Waals surface area contributed by atoms with Crippen molar-refractivity contribution < 1.29 is 0 Å². The third kappa shape index (κ3) is 2.82. The Bertz CT molecular complexity index is 101. The Kier molecular flexibility index (Phi) is 3.92. The lowest BCUT2D eigenvalue weighted by Crippen LogP contribution is -2.33. The lowest BCUT2D eigenvalue weighted by molar-refractivity contribution is 0.217. The van der Waals surface area contributed by atoms with Gasteiger partial charge in [-0.15, -0.1) is 0 Å². The lowest BCUT2D eigenvalue weighted by atomic mass is 10.1. The molecule has 1 saturated heterocycles. The first kappa shape index (κ1) is 9.05. The maximum Gasteiger partial charge on any atom is 0.00669 e. The molecule has 0 N–H and O–H groups in total. The molecule has 1 heterocycles. The third-order valence-corrected chi connectivity index (χ3v) is 2.64. The summed E-state index contributed by atoms with van der Waals surface area (Å²) in [5, 5.41) is 0. The smallest absolute Gasteiger partial charge is 0.00669 e. The van der Waals surface area contributed by atoms with Crippen molar-refractivity contribution in [3.63, 3.8) is 0 Å². The largest absolute Gasteiger partial charge is 0.301 e. The Morgan fingerprint density at radius 3 is 2.91 bits per heavy atom. The van der Waals surface area contributed by atoms with E-state index in [4.69, 9.17) is 0 Å². The molecule has 0 spiro atoms. The van der Waals surface area contributed by atoms with Crippen LogP contribution in [0.1, 0.15) is 39.0 Å². The Balaban J connectivity index is 2.32. The van der Waals surface area contributed by atoms with Crippen molar-refractivity contribution >= 4 is 0 Å². The summed E-state index contributed by atoms with van der Waals surface area (Å²) in [6, 6.07) is 0.805. The first-order valence-corrected chi connectivity index (χ1v) is 4.88. The summed E-state index contributed by atoms with van der Waals surface area (Å²) in [6.45, 7) is 8.75. The number of likely N-dealkylation sites (tertiary alicyclic amines) is 1. The molecular formula is C10H20N. The molecule has 0 amide bonds. The zero-order valence-electron chi connectivity index (χ0n) is 7.68. The highest BCUT2D eigenvalue weighted by atomic mass is 15.1. The van der Waals surface area contributed by atoms with Gasteiger partial charge >= 0.3 is 0 Å². The zero-order valence-corrected chi connectivity index (χ0v) is 7.68. The molecule has 1 radical (unpaired) electrons. The van der Waals surface area contributed by atoms with Gasteiger partial charge in [0.25, 0.3) is 0 Å². The van der Waals surface area contributed by atoms with E-state index in [-0.39, 0.29) is 0 Å². The Morgan fingerprint density at radius 2 is 2.18 bits per heavy atom. The van der Waals surface area contributed by atoms with E-state index in [1.807, 2.05) is 0 Å². The van der Waals surface area contributed by atoms with E-state index in [0.717, 1.165) is 12.5 Å². The summed E-state index contributed by atoms with van der Waals surface area (Å²) in [6.07, 6.45) is 6.70. The van der Waals surface area contributed by atoms with Crippen LogP contribution < -0.4 is 0 Å². The molecule has 0 saturated carbocycles. The van der Waals surface area contributed by atoms with Crippen LogP contribution in [0.2, 0.25) is 0 Å². The van der Waals surface area contributed by atoms with Crippen LogP contribution >= 0.6 is 0 Å². The maximum atomic E-state index is 3.90. The van der Waals surface area contributed by atoms with Crippen LogP contribution in [-0.4, -0.2) is 24.0 Å². The Labute approximate surface area is 70.8 Å². The Hall–Kier alpha value is -0.0400. The van der Waals surface area contributed by atoms with E-state index >= 15 is 0 Å². The SMILES string of the molecule is [CH2]CCN1CCCCC[C@H]1C. The molecule has 1 rings (SSSR count). The van der Waals surface area contributed by atoms with Crippen molar-refractivity contribution in [1.29, 1.82) is 0 Å². The minimum Gasteiger partial charge on any atom is -0.301 e. The predicted molar refractivity (Wildman–Crippen MR) is 49.5 cm³/mol. The second-order valence-corrected chi connectivity index (χ2v) is 3.59. The summed E-state index contributed by atoms with van der Waals surface area (Å²) in [5.74, 6) is 0. The molecule has 65 valence electrons. The number of nitrogens with zero attached hydrogens (tertiary/aromatic N) is 1. The van der Waals surface area contributed by atoms with Crippen LogP contribution in [0.25, 0.3) is 0 Å². The summed E-state index contributed by atoms with van der Waals surface area (Å²) in [5.41, 5.74) is 0. The number of rotatable bonds is 2. The van der Waals surface area contributed by atoms with Crippen molar-refractivity contribution in [3.05, 3.63) is 6.92 Å². The van der Waals surface area contributed by atoms with Gasteiger partial charge in [0.15, 0.2) is 0 Å². The van der Waals surface area contributed by atoms with E-state index in [2.05, 4.69) is 18.7 Å². The quantitative estimate of drug-likeness (QED) is 0.590. The predicted octanol–water partition coefficient (Wildman–Crippen LogP) is 2.48. The molecule has 1 heteroatoms. The molecule has 0 aromatic heterocycles. The van der Waals surface area contributed by atoms with Gasteiger partial charge in [-0.2, -0.15) is 0 Å². The van der Waals surface area contributed by atoms with Gasteiger partial charge in [0.05, 0.1) is 0 Å². The van der Waals surface area contributed by atoms with Gasteiger partial charge < -0.3 is 4.90 Å². The minimum absolute atomic E-state index is 0.805. The number of hydrogen-bond donors (Lipinski definition) is 0. The van der Waals surface area contributed by atoms with Crippen LogP contribution in [0.15, 0.2) is 0 Å². The molecule has 1 fully saturated rings. The van der Waals surface area contributed by atoms with Gasteiger partial charge in [0, 0.05) is 6.04 Å². The van der Waals surface area contributed by atoms with Crippen LogP contribution in [-0.2, 0) is 0 Å². The van der Waals surface area contributed by atoms with E-state index < -0.39 is 0 Å². The zero-order chi connectivity index (χ0) is 8.10. The molecule has 0 unspecified atom stereocenters. The van der Waals surface area contributed by atoms with Gasteiger partial charge in [-0.25, -0.2) is 0 Å². The standard InChI is InChI=1S/C10H20N/c1-3-8-11-9-6-4-5-7-10(11)2/h10H,1,3-9H2,2H3/t10-/m1/s1. The van der Waals surface area contributed by atoms with Gasteiger partial charge in [-0.3, -0.25) is 0 Å². The summed E-state index contributed by atoms with van der Waals surface area (Å²) in [7, 11) is 0. The first-order valence-electron chi connectivity index (χ1n) is 4.88. The third-order valence-electron chi connectivity index (χ3n) is 2.64. The molecule has 0 aromatic carbocycles. The highest BCUT2D eigenvalue weighted by Crippen LogP contribution is 2.15. The van der Waals surface area contributed by atoms with Crippen molar-refractivity contribution in [1.82, 2.24) is 4.90 Å². The van der Waals surface area contributed by atoms with Crippen molar-refractivity contribution in [2.45, 2.75) is 45.1 Å². The molecular weight excluding hydrogens is 134 g/mol. The van der Waals surface area contributed by atoms with Crippen LogP contribution in [0.4, 0.5) is 0 Å². The average Bonchev–Trinajstić information content (AvgIpc) is 2.18. The van der Waals surface area contributed by atoms with Crippen molar-refractivity contribution in [2.24, 2.45) is 0 Å². The fraction of sp³-hybridized carbons (Fsp3) is 0.900. The first-order chi connectivity index (χ1) is 5.34. The normalized spacial score (nSPS) is 28.4. The van der Waals surface area contributed by atoms with Crippen LogP contribution in [0, 0.1) is 6.92 Å². The van der Waals surface area contributed by atoms with E-state index in [1.165, 1.54) is 38.8 Å². The van der Waals surface area contributed by atoms with E-state index in [1.54, 1.807) is 0 Å². The highest BCUT2D eigenvalue weighted by Gasteiger charge is 2.14. The number of hydrogen-bond acceptors (Lipinski definition) is 1. The van der Waals surface area contributed by atoms with Crippen LogP contribution in [0.5, 0.6) is 0 Å². The summed E-state index contributed by atoms with van der Waals surface area (Å²) in [4.78, 5) is 2.58. The van der Waals surface area contributed by atoms with Gasteiger partial charge in [0.1, 0.15) is 0 Å². The lowest BCUT2D eigenvalue weighted by Gasteiger charge is -2.25. The topological polar surface area (TPSA) is 3.24 Å². The molecule has 11 heavy (non-hydrogen) atoms. The highest BCUT2D eigenvalue weighted by molar-refractivity contribution is 4.71. The summed E-state index contributed by atoms with van der Waals surface area (Å²) >= 11 is 0. The Morgan fingerprint density at radius 1 is 1.36 bits per heavy atom. The molecule has 1 aliphatic rings. The molecule has 0 aliphatic carbocycles. The molecule has 0 aromatic rings. The van der Waals surface area contributed by atoms with Gasteiger partial charge in [-0.1, -0.05) is 19.8 Å². The van der Waals surface area contributed by atoms with Gasteiger partial charge in [0.2, 0.25) is 0 Å². The van der Waals surface area contributed by atoms with E-state index in [0.29, 0.717) is 0 Å². The maximum absolute atomic E-state index is 3.90. The second-order valence-electron chi connectivity index (χ2n) is 3.59. The second kappa shape index (κ2) is 4.76. The van der Waals surface area contributed by atoms with Crippen LogP contribution in [0.3, 0.4) is 0 Å². The average molecular weight is 154 g/mol. The van der Waals surface area contributed by atoms with Crippen molar-refractivity contribution in [2.75, 3.05) is 13.1 Å². The minimum atomic E-state index is 0.805. The van der Waals surface area contributed by atoms with E-state index in [9.17, 15) is 0 Å². The molecule has 1 aliphatic heterocycles. The fourth-order valence-electron chi connectivity index (χ4n) is 1.87. The molecule has 1 atom stereocenters. The molecule has 0 bridgehead atoms. The van der Waals surface area contributed by atoms with Crippen molar-refractivity contribution in [3.8, 4) is 0 Å². The molecule has 1 nitrogen and oxygen atoms in total. The van der Waals surface area contributed by atoms with Gasteiger partial charge in [-0.05, 0) is 39.3 Å². The summed E-state index contributed by atoms with van der Waals surface area (Å²) < 4.78 is 0. The monoisotopic (exact) mass is 154 g/mol.